The Hall–Kier alpha value is -1.62. The Morgan fingerprint density at radius 2 is 2.24 bits per heavy atom. The third-order valence-electron chi connectivity index (χ3n) is 2.57. The number of methoxy groups -OCH3 is 1. The lowest BCUT2D eigenvalue weighted by molar-refractivity contribution is -0.137. The zero-order chi connectivity index (χ0) is 13.0. The molecule has 0 aliphatic rings. The molecule has 0 spiro atoms. The molecule has 0 amide bonds. The van der Waals surface area contributed by atoms with Crippen LogP contribution in [0.5, 0.6) is 5.75 Å². The van der Waals surface area contributed by atoms with E-state index >= 15 is 0 Å². The highest BCUT2D eigenvalue weighted by molar-refractivity contribution is 5.68. The van der Waals surface area contributed by atoms with Crippen LogP contribution in [-0.2, 0) is 4.79 Å². The van der Waals surface area contributed by atoms with E-state index in [9.17, 15) is 9.18 Å². The van der Waals surface area contributed by atoms with Gasteiger partial charge in [0.05, 0.1) is 13.5 Å². The van der Waals surface area contributed by atoms with Gasteiger partial charge in [-0.1, -0.05) is 0 Å². The maximum absolute atomic E-state index is 13.9. The van der Waals surface area contributed by atoms with Crippen molar-refractivity contribution >= 4 is 5.97 Å². The first-order valence-electron chi connectivity index (χ1n) is 5.25. The second kappa shape index (κ2) is 5.63. The van der Waals surface area contributed by atoms with Crippen LogP contribution >= 0.6 is 0 Å². The average Bonchev–Trinajstić information content (AvgIpc) is 2.25. The van der Waals surface area contributed by atoms with E-state index in [1.807, 2.05) is 0 Å². The van der Waals surface area contributed by atoms with Gasteiger partial charge in [0.1, 0.15) is 11.6 Å². The molecule has 1 aromatic rings. The molecule has 1 atom stereocenters. The van der Waals surface area contributed by atoms with Crippen LogP contribution in [0.15, 0.2) is 12.1 Å². The van der Waals surface area contributed by atoms with Crippen molar-refractivity contribution in [2.75, 3.05) is 13.7 Å². The van der Waals surface area contributed by atoms with E-state index < -0.39 is 17.7 Å². The number of aryl methyl sites for hydroxylation is 1. The van der Waals surface area contributed by atoms with Gasteiger partial charge in [-0.3, -0.25) is 4.79 Å². The van der Waals surface area contributed by atoms with Gasteiger partial charge in [0.25, 0.3) is 0 Å². The number of carbonyl (C=O) groups is 1. The minimum atomic E-state index is -1.01. The Balaban J connectivity index is 3.21. The van der Waals surface area contributed by atoms with Crippen LogP contribution in [0.4, 0.5) is 4.39 Å². The zero-order valence-corrected chi connectivity index (χ0v) is 9.87. The van der Waals surface area contributed by atoms with Crippen molar-refractivity contribution in [3.8, 4) is 5.75 Å². The summed E-state index contributed by atoms with van der Waals surface area (Å²) in [7, 11) is 1.42. The van der Waals surface area contributed by atoms with Crippen molar-refractivity contribution in [3.05, 3.63) is 29.1 Å². The van der Waals surface area contributed by atoms with E-state index in [0.29, 0.717) is 11.3 Å². The maximum atomic E-state index is 13.9. The van der Waals surface area contributed by atoms with E-state index in [4.69, 9.17) is 15.6 Å². The topological polar surface area (TPSA) is 72.5 Å². The minimum Gasteiger partial charge on any atom is -0.496 e. The Morgan fingerprint density at radius 1 is 1.59 bits per heavy atom. The molecule has 0 aliphatic heterocycles. The number of aliphatic carboxylic acids is 1. The van der Waals surface area contributed by atoms with Crippen LogP contribution in [0.2, 0.25) is 0 Å². The Morgan fingerprint density at radius 3 is 2.71 bits per heavy atom. The molecule has 0 radical (unpaired) electrons. The highest BCUT2D eigenvalue weighted by atomic mass is 19.1. The summed E-state index contributed by atoms with van der Waals surface area (Å²) < 4.78 is 18.9. The standard InChI is InChI=1S/C12H16FNO3/c1-7-3-9(13)12(10(4-7)17-2)8(6-14)5-11(15)16/h3-4,8H,5-6,14H2,1-2H3,(H,15,16). The van der Waals surface area contributed by atoms with Crippen molar-refractivity contribution in [1.29, 1.82) is 0 Å². The molecule has 1 rings (SSSR count). The van der Waals surface area contributed by atoms with Gasteiger partial charge >= 0.3 is 5.97 Å². The maximum Gasteiger partial charge on any atom is 0.304 e. The number of benzene rings is 1. The van der Waals surface area contributed by atoms with Crippen LogP contribution in [0, 0.1) is 12.7 Å². The highest BCUT2D eigenvalue weighted by Gasteiger charge is 2.22. The molecule has 0 saturated heterocycles. The minimum absolute atomic E-state index is 0.0582. The second-order valence-corrected chi connectivity index (χ2v) is 3.89. The van der Waals surface area contributed by atoms with E-state index in [-0.39, 0.29) is 18.5 Å². The summed E-state index contributed by atoms with van der Waals surface area (Å²) in [6.45, 7) is 1.80. The molecule has 0 heterocycles. The lowest BCUT2D eigenvalue weighted by Gasteiger charge is -2.18. The molecule has 4 nitrogen and oxygen atoms in total. The van der Waals surface area contributed by atoms with Gasteiger partial charge in [-0.2, -0.15) is 0 Å². The first-order chi connectivity index (χ1) is 7.99. The molecular weight excluding hydrogens is 225 g/mol. The molecule has 0 aromatic heterocycles. The number of halogens is 1. The van der Waals surface area contributed by atoms with Crippen molar-refractivity contribution in [2.24, 2.45) is 5.73 Å². The fourth-order valence-corrected chi connectivity index (χ4v) is 1.80. The summed E-state index contributed by atoms with van der Waals surface area (Å²) in [6, 6.07) is 3.02. The van der Waals surface area contributed by atoms with Crippen LogP contribution in [0.3, 0.4) is 0 Å². The summed E-state index contributed by atoms with van der Waals surface area (Å²) in [6.07, 6.45) is -0.215. The molecule has 5 heteroatoms. The summed E-state index contributed by atoms with van der Waals surface area (Å²) in [5.41, 5.74) is 6.45. The molecule has 17 heavy (non-hydrogen) atoms. The number of nitrogens with two attached hydrogens (primary N) is 1. The molecule has 1 unspecified atom stereocenters. The fraction of sp³-hybridized carbons (Fsp3) is 0.417. The van der Waals surface area contributed by atoms with Crippen LogP contribution in [0.25, 0.3) is 0 Å². The molecule has 94 valence electrons. The third-order valence-corrected chi connectivity index (χ3v) is 2.57. The van der Waals surface area contributed by atoms with Crippen LogP contribution in [0.1, 0.15) is 23.5 Å². The number of carboxylic acid groups (broad SMARTS) is 1. The second-order valence-electron chi connectivity index (χ2n) is 3.89. The van der Waals surface area contributed by atoms with Gasteiger partial charge in [-0.15, -0.1) is 0 Å². The number of hydrogen-bond acceptors (Lipinski definition) is 3. The molecule has 0 saturated carbocycles. The summed E-state index contributed by atoms with van der Waals surface area (Å²) in [5.74, 6) is -1.72. The summed E-state index contributed by atoms with van der Waals surface area (Å²) in [5, 5.41) is 8.77. The predicted molar refractivity (Wildman–Crippen MR) is 61.7 cm³/mol. The lowest BCUT2D eigenvalue weighted by atomic mass is 9.93. The van der Waals surface area contributed by atoms with Crippen molar-refractivity contribution in [1.82, 2.24) is 0 Å². The van der Waals surface area contributed by atoms with Gasteiger partial charge in [-0.05, 0) is 31.2 Å². The van der Waals surface area contributed by atoms with E-state index in [1.54, 1.807) is 13.0 Å². The Bertz CT molecular complexity index is 420. The largest absolute Gasteiger partial charge is 0.496 e. The summed E-state index contributed by atoms with van der Waals surface area (Å²) >= 11 is 0. The molecule has 0 aliphatic carbocycles. The van der Waals surface area contributed by atoms with Crippen molar-refractivity contribution in [3.63, 3.8) is 0 Å². The Labute approximate surface area is 99.2 Å². The number of carboxylic acids is 1. The normalized spacial score (nSPS) is 12.2. The predicted octanol–water partition coefficient (Wildman–Crippen LogP) is 1.66. The molecule has 0 bridgehead atoms. The van der Waals surface area contributed by atoms with Crippen LogP contribution < -0.4 is 10.5 Å². The first-order valence-corrected chi connectivity index (χ1v) is 5.25. The van der Waals surface area contributed by atoms with Crippen molar-refractivity contribution in [2.45, 2.75) is 19.3 Å². The van der Waals surface area contributed by atoms with Gasteiger partial charge in [-0.25, -0.2) is 4.39 Å². The molecule has 0 fully saturated rings. The number of hydrogen-bond donors (Lipinski definition) is 2. The van der Waals surface area contributed by atoms with Crippen molar-refractivity contribution < 1.29 is 19.0 Å². The Kier molecular flexibility index (Phi) is 4.45. The SMILES string of the molecule is COc1cc(C)cc(F)c1C(CN)CC(=O)O. The van der Waals surface area contributed by atoms with Gasteiger partial charge < -0.3 is 15.6 Å². The molecule has 3 N–H and O–H groups in total. The average molecular weight is 241 g/mol. The van der Waals surface area contributed by atoms with Gasteiger partial charge in [0, 0.05) is 11.5 Å². The fourth-order valence-electron chi connectivity index (χ4n) is 1.80. The lowest BCUT2D eigenvalue weighted by Crippen LogP contribution is -2.18. The zero-order valence-electron chi connectivity index (χ0n) is 9.87. The number of ether oxygens (including phenoxy) is 1. The molecular formula is C12H16FNO3. The van der Waals surface area contributed by atoms with E-state index in [0.717, 1.165) is 0 Å². The monoisotopic (exact) mass is 241 g/mol. The summed E-state index contributed by atoms with van der Waals surface area (Å²) in [4.78, 5) is 10.7. The molecule has 1 aromatic carbocycles. The van der Waals surface area contributed by atoms with E-state index in [2.05, 4.69) is 0 Å². The first kappa shape index (κ1) is 13.4. The number of rotatable bonds is 5. The van der Waals surface area contributed by atoms with Crippen LogP contribution in [-0.4, -0.2) is 24.7 Å². The quantitative estimate of drug-likeness (QED) is 0.822. The van der Waals surface area contributed by atoms with E-state index in [1.165, 1.54) is 13.2 Å². The van der Waals surface area contributed by atoms with Gasteiger partial charge in [0.15, 0.2) is 0 Å². The third kappa shape index (κ3) is 3.17. The smallest absolute Gasteiger partial charge is 0.304 e. The highest BCUT2D eigenvalue weighted by Crippen LogP contribution is 2.32. The van der Waals surface area contributed by atoms with Gasteiger partial charge in [0.2, 0.25) is 0 Å².